The molecule has 38 heavy (non-hydrogen) atoms. The molecule has 0 aliphatic rings. The Morgan fingerprint density at radius 2 is 1.55 bits per heavy atom. The second-order valence-corrected chi connectivity index (χ2v) is 10.6. The van der Waals surface area contributed by atoms with E-state index in [-0.39, 0.29) is 29.3 Å². The van der Waals surface area contributed by atoms with E-state index >= 15 is 0 Å². The molecule has 0 aliphatic heterocycles. The Hall–Kier alpha value is -3.82. The van der Waals surface area contributed by atoms with Gasteiger partial charge < -0.3 is 10.1 Å². The summed E-state index contributed by atoms with van der Waals surface area (Å²) in [6.45, 7) is 3.36. The maximum Gasteiger partial charge on any atom is 0.416 e. The van der Waals surface area contributed by atoms with Gasteiger partial charge >= 0.3 is 6.18 Å². The molecule has 0 amide bonds. The van der Waals surface area contributed by atoms with Crippen LogP contribution in [-0.4, -0.2) is 19.3 Å². The second kappa shape index (κ2) is 11.3. The van der Waals surface area contributed by atoms with Crippen LogP contribution in [0.1, 0.15) is 23.6 Å². The lowest BCUT2D eigenvalue weighted by molar-refractivity contribution is -0.137. The van der Waals surface area contributed by atoms with Gasteiger partial charge in [0, 0.05) is 30.0 Å². The van der Waals surface area contributed by atoms with Crippen molar-refractivity contribution in [1.82, 2.24) is 4.31 Å². The number of alkyl halides is 3. The van der Waals surface area contributed by atoms with E-state index < -0.39 is 21.8 Å². The minimum Gasteiger partial charge on any atom is -0.457 e. The van der Waals surface area contributed by atoms with Crippen LogP contribution in [0.4, 0.5) is 24.5 Å². The molecule has 4 aromatic carbocycles. The quantitative estimate of drug-likeness (QED) is 0.236. The minimum atomic E-state index is -4.59. The Morgan fingerprint density at radius 3 is 2.18 bits per heavy atom. The summed E-state index contributed by atoms with van der Waals surface area (Å²) in [7, 11) is -4.01. The van der Waals surface area contributed by atoms with Gasteiger partial charge in [-0.15, -0.1) is 0 Å². The third kappa shape index (κ3) is 6.54. The summed E-state index contributed by atoms with van der Waals surface area (Å²) >= 11 is 0. The molecule has 0 heterocycles. The highest BCUT2D eigenvalue weighted by atomic mass is 32.2. The number of nitrogens with zero attached hydrogens (tertiary/aromatic N) is 1. The number of para-hydroxylation sites is 1. The van der Waals surface area contributed by atoms with Crippen LogP contribution in [0.25, 0.3) is 0 Å². The van der Waals surface area contributed by atoms with Crippen molar-refractivity contribution in [3.8, 4) is 11.5 Å². The SMILES string of the molecule is CCN(Cc1cc(C(F)(F)F)ccc1Oc1ccccc1)S(=O)(=O)c1ccc(Nc2cccc(C)c2)cc1. The molecule has 4 aromatic rings. The number of nitrogens with one attached hydrogen (secondary N) is 1. The van der Waals surface area contributed by atoms with Crippen LogP contribution in [0.5, 0.6) is 11.5 Å². The molecule has 0 atom stereocenters. The van der Waals surface area contributed by atoms with Gasteiger partial charge in [0.05, 0.1) is 10.5 Å². The van der Waals surface area contributed by atoms with Crippen molar-refractivity contribution >= 4 is 21.4 Å². The first-order valence-corrected chi connectivity index (χ1v) is 13.4. The van der Waals surface area contributed by atoms with Crippen LogP contribution in [0.15, 0.2) is 102 Å². The van der Waals surface area contributed by atoms with Gasteiger partial charge in [0.2, 0.25) is 10.0 Å². The first kappa shape index (κ1) is 27.2. The molecule has 0 unspecified atom stereocenters. The van der Waals surface area contributed by atoms with E-state index in [4.69, 9.17) is 4.74 Å². The number of anilines is 2. The largest absolute Gasteiger partial charge is 0.457 e. The summed E-state index contributed by atoms with van der Waals surface area (Å²) in [6, 6.07) is 25.7. The molecule has 4 rings (SSSR count). The lowest BCUT2D eigenvalue weighted by atomic mass is 10.1. The van der Waals surface area contributed by atoms with E-state index in [0.29, 0.717) is 11.4 Å². The number of hydrogen-bond acceptors (Lipinski definition) is 4. The zero-order valence-corrected chi connectivity index (χ0v) is 21.7. The fourth-order valence-corrected chi connectivity index (χ4v) is 5.33. The van der Waals surface area contributed by atoms with Gasteiger partial charge in [0.25, 0.3) is 0 Å². The highest BCUT2D eigenvalue weighted by Crippen LogP contribution is 2.35. The number of hydrogen-bond donors (Lipinski definition) is 1. The van der Waals surface area contributed by atoms with Gasteiger partial charge in [-0.2, -0.15) is 17.5 Å². The Morgan fingerprint density at radius 1 is 0.842 bits per heavy atom. The molecule has 0 spiro atoms. The van der Waals surface area contributed by atoms with Crippen molar-refractivity contribution in [2.24, 2.45) is 0 Å². The molecule has 1 N–H and O–H groups in total. The third-order valence-corrected chi connectivity index (χ3v) is 7.79. The molecule has 198 valence electrons. The summed E-state index contributed by atoms with van der Waals surface area (Å²) in [5.41, 5.74) is 1.87. The molecular formula is C29H27F3N2O3S. The maximum atomic E-state index is 13.5. The topological polar surface area (TPSA) is 58.6 Å². The van der Waals surface area contributed by atoms with E-state index in [1.807, 2.05) is 31.2 Å². The Labute approximate surface area is 220 Å². The predicted molar refractivity (Wildman–Crippen MR) is 142 cm³/mol. The van der Waals surface area contributed by atoms with Gasteiger partial charge in [-0.05, 0) is 79.2 Å². The number of aryl methyl sites for hydroxylation is 1. The Balaban J connectivity index is 1.61. The average Bonchev–Trinajstić information content (AvgIpc) is 2.88. The highest BCUT2D eigenvalue weighted by Gasteiger charge is 2.32. The highest BCUT2D eigenvalue weighted by molar-refractivity contribution is 7.89. The number of ether oxygens (including phenoxy) is 1. The molecular weight excluding hydrogens is 513 g/mol. The van der Waals surface area contributed by atoms with Crippen molar-refractivity contribution in [3.05, 3.63) is 114 Å². The average molecular weight is 541 g/mol. The smallest absolute Gasteiger partial charge is 0.416 e. The van der Waals surface area contributed by atoms with E-state index in [0.717, 1.165) is 27.7 Å². The Kier molecular flexibility index (Phi) is 8.08. The molecule has 0 radical (unpaired) electrons. The van der Waals surface area contributed by atoms with Gasteiger partial charge in [-0.3, -0.25) is 0 Å². The third-order valence-electron chi connectivity index (χ3n) is 5.86. The van der Waals surface area contributed by atoms with Crippen molar-refractivity contribution in [2.75, 3.05) is 11.9 Å². The maximum absolute atomic E-state index is 13.5. The van der Waals surface area contributed by atoms with Crippen LogP contribution in [0, 0.1) is 6.92 Å². The predicted octanol–water partition coefficient (Wildman–Crippen LogP) is 7.76. The zero-order chi connectivity index (χ0) is 27.3. The van der Waals surface area contributed by atoms with Crippen molar-refractivity contribution in [2.45, 2.75) is 31.5 Å². The zero-order valence-electron chi connectivity index (χ0n) is 20.9. The molecule has 0 aliphatic carbocycles. The van der Waals surface area contributed by atoms with E-state index in [1.54, 1.807) is 49.4 Å². The number of benzene rings is 4. The van der Waals surface area contributed by atoms with Crippen molar-refractivity contribution < 1.29 is 26.3 Å². The molecule has 0 aromatic heterocycles. The number of sulfonamides is 1. The fourth-order valence-electron chi connectivity index (χ4n) is 3.90. The van der Waals surface area contributed by atoms with Crippen LogP contribution in [0.3, 0.4) is 0 Å². The van der Waals surface area contributed by atoms with Crippen LogP contribution < -0.4 is 10.1 Å². The summed E-state index contributed by atoms with van der Waals surface area (Å²) in [5, 5.41) is 3.23. The molecule has 0 bridgehead atoms. The van der Waals surface area contributed by atoms with Gasteiger partial charge in [-0.25, -0.2) is 8.42 Å². The first-order valence-electron chi connectivity index (χ1n) is 11.9. The standard InChI is InChI=1S/C29H27F3N2O3S/c1-3-34(38(35,36)27-15-13-24(14-16-27)33-25-9-7-8-21(2)18-25)20-22-19-23(29(30,31)32)12-17-28(22)37-26-10-5-4-6-11-26/h4-19,33H,3,20H2,1-2H3. The first-order chi connectivity index (χ1) is 18.1. The van der Waals surface area contributed by atoms with Gasteiger partial charge in [0.1, 0.15) is 11.5 Å². The molecule has 0 fully saturated rings. The molecule has 0 saturated heterocycles. The molecule has 0 saturated carbocycles. The number of rotatable bonds is 9. The minimum absolute atomic E-state index is 0.0339. The summed E-state index contributed by atoms with van der Waals surface area (Å²) in [6.07, 6.45) is -4.59. The lowest BCUT2D eigenvalue weighted by Crippen LogP contribution is -2.30. The van der Waals surface area contributed by atoms with Gasteiger partial charge in [0.15, 0.2) is 0 Å². The number of halogens is 3. The molecule has 9 heteroatoms. The lowest BCUT2D eigenvalue weighted by Gasteiger charge is -2.23. The van der Waals surface area contributed by atoms with Crippen LogP contribution in [-0.2, 0) is 22.7 Å². The summed E-state index contributed by atoms with van der Waals surface area (Å²) in [5.74, 6) is 0.576. The van der Waals surface area contributed by atoms with Crippen LogP contribution >= 0.6 is 0 Å². The van der Waals surface area contributed by atoms with Gasteiger partial charge in [-0.1, -0.05) is 37.3 Å². The van der Waals surface area contributed by atoms with Crippen molar-refractivity contribution in [3.63, 3.8) is 0 Å². The second-order valence-electron chi connectivity index (χ2n) is 8.69. The normalized spacial score (nSPS) is 11.9. The summed E-state index contributed by atoms with van der Waals surface area (Å²) in [4.78, 5) is 0.0339. The molecule has 5 nitrogen and oxygen atoms in total. The summed E-state index contributed by atoms with van der Waals surface area (Å²) < 4.78 is 74.4. The van der Waals surface area contributed by atoms with E-state index in [2.05, 4.69) is 5.32 Å². The van der Waals surface area contributed by atoms with Crippen molar-refractivity contribution in [1.29, 1.82) is 0 Å². The Bertz CT molecular complexity index is 1490. The fraction of sp³-hybridized carbons (Fsp3) is 0.172. The van der Waals surface area contributed by atoms with Crippen LogP contribution in [0.2, 0.25) is 0 Å². The van der Waals surface area contributed by atoms with E-state index in [1.165, 1.54) is 18.2 Å². The monoisotopic (exact) mass is 540 g/mol. The van der Waals surface area contributed by atoms with E-state index in [9.17, 15) is 21.6 Å².